The van der Waals surface area contributed by atoms with E-state index in [2.05, 4.69) is 10.6 Å². The van der Waals surface area contributed by atoms with E-state index < -0.39 is 0 Å². The van der Waals surface area contributed by atoms with Crippen molar-refractivity contribution in [3.05, 3.63) is 28.8 Å². The normalized spacial score (nSPS) is 15.2. The van der Waals surface area contributed by atoms with Gasteiger partial charge in [0.1, 0.15) is 0 Å². The summed E-state index contributed by atoms with van der Waals surface area (Å²) in [5.74, 6) is -0.276. The molecule has 1 fully saturated rings. The molecule has 0 aromatic heterocycles. The van der Waals surface area contributed by atoms with Gasteiger partial charge in [-0.3, -0.25) is 9.59 Å². The first-order valence-electron chi connectivity index (χ1n) is 6.15. The fraction of sp³-hybridized carbons (Fsp3) is 0.385. The van der Waals surface area contributed by atoms with Gasteiger partial charge < -0.3 is 15.5 Å². The average Bonchev–Trinajstić information content (AvgIpc) is 2.40. The number of rotatable bonds is 2. The lowest BCUT2D eigenvalue weighted by molar-refractivity contribution is -0.114. The SMILES string of the molecule is CC(=O)Nc1ccc(Cl)c(C(=O)N2CCNCC2)c1. The molecule has 0 saturated carbocycles. The highest BCUT2D eigenvalue weighted by Crippen LogP contribution is 2.22. The Morgan fingerprint density at radius 1 is 1.32 bits per heavy atom. The summed E-state index contributed by atoms with van der Waals surface area (Å²) >= 11 is 6.07. The first-order chi connectivity index (χ1) is 9.08. The van der Waals surface area contributed by atoms with Gasteiger partial charge in [-0.05, 0) is 18.2 Å². The molecule has 0 aliphatic carbocycles. The van der Waals surface area contributed by atoms with Crippen molar-refractivity contribution in [2.45, 2.75) is 6.92 Å². The fourth-order valence-corrected chi connectivity index (χ4v) is 2.21. The topological polar surface area (TPSA) is 61.4 Å². The standard InChI is InChI=1S/C13H16ClN3O2/c1-9(18)16-10-2-3-12(14)11(8-10)13(19)17-6-4-15-5-7-17/h2-3,8,15H,4-7H2,1H3,(H,16,18). The van der Waals surface area contributed by atoms with Crippen molar-refractivity contribution in [3.8, 4) is 0 Å². The van der Waals surface area contributed by atoms with Crippen molar-refractivity contribution >= 4 is 29.1 Å². The zero-order chi connectivity index (χ0) is 13.8. The Balaban J connectivity index is 2.21. The predicted molar refractivity (Wildman–Crippen MR) is 74.5 cm³/mol. The van der Waals surface area contributed by atoms with Crippen molar-refractivity contribution in [1.29, 1.82) is 0 Å². The highest BCUT2D eigenvalue weighted by molar-refractivity contribution is 6.34. The van der Waals surface area contributed by atoms with Crippen LogP contribution in [0.25, 0.3) is 0 Å². The molecule has 5 nitrogen and oxygen atoms in total. The number of piperazine rings is 1. The summed E-state index contributed by atoms with van der Waals surface area (Å²) in [5, 5.41) is 6.24. The van der Waals surface area contributed by atoms with Crippen molar-refractivity contribution in [2.24, 2.45) is 0 Å². The number of anilines is 1. The van der Waals surface area contributed by atoms with E-state index in [-0.39, 0.29) is 11.8 Å². The van der Waals surface area contributed by atoms with E-state index in [1.807, 2.05) is 0 Å². The molecule has 1 saturated heterocycles. The third-order valence-corrected chi connectivity index (χ3v) is 3.25. The number of amides is 2. The van der Waals surface area contributed by atoms with Gasteiger partial charge in [0.2, 0.25) is 5.91 Å². The van der Waals surface area contributed by atoms with Crippen LogP contribution >= 0.6 is 11.6 Å². The van der Waals surface area contributed by atoms with E-state index in [1.165, 1.54) is 6.92 Å². The smallest absolute Gasteiger partial charge is 0.255 e. The van der Waals surface area contributed by atoms with Gasteiger partial charge in [0.05, 0.1) is 10.6 Å². The summed E-state index contributed by atoms with van der Waals surface area (Å²) in [6, 6.07) is 4.93. The van der Waals surface area contributed by atoms with Crippen LogP contribution in [0.1, 0.15) is 17.3 Å². The third kappa shape index (κ3) is 3.45. The summed E-state index contributed by atoms with van der Waals surface area (Å²) in [5.41, 5.74) is 1.00. The molecule has 1 aliphatic rings. The number of benzene rings is 1. The maximum Gasteiger partial charge on any atom is 0.255 e. The minimum atomic E-state index is -0.178. The van der Waals surface area contributed by atoms with E-state index in [0.29, 0.717) is 29.4 Å². The van der Waals surface area contributed by atoms with E-state index in [9.17, 15) is 9.59 Å². The largest absolute Gasteiger partial charge is 0.336 e. The molecule has 2 rings (SSSR count). The van der Waals surface area contributed by atoms with Gasteiger partial charge in [-0.1, -0.05) is 11.6 Å². The van der Waals surface area contributed by atoms with Crippen molar-refractivity contribution < 1.29 is 9.59 Å². The van der Waals surface area contributed by atoms with Crippen LogP contribution in [0.2, 0.25) is 5.02 Å². The van der Waals surface area contributed by atoms with Crippen LogP contribution in [0.4, 0.5) is 5.69 Å². The number of nitrogens with zero attached hydrogens (tertiary/aromatic N) is 1. The Morgan fingerprint density at radius 3 is 2.63 bits per heavy atom. The van der Waals surface area contributed by atoms with Gasteiger partial charge in [0.25, 0.3) is 5.91 Å². The van der Waals surface area contributed by atoms with Crippen LogP contribution < -0.4 is 10.6 Å². The molecular weight excluding hydrogens is 266 g/mol. The van der Waals surface area contributed by atoms with Gasteiger partial charge in [-0.25, -0.2) is 0 Å². The number of nitrogens with one attached hydrogen (secondary N) is 2. The Kier molecular flexibility index (Phi) is 4.39. The van der Waals surface area contributed by atoms with Crippen LogP contribution in [0.3, 0.4) is 0 Å². The molecule has 102 valence electrons. The number of hydrogen-bond acceptors (Lipinski definition) is 3. The molecule has 1 aromatic rings. The average molecular weight is 282 g/mol. The van der Waals surface area contributed by atoms with Crippen LogP contribution in [0.5, 0.6) is 0 Å². The Labute approximate surface area is 116 Å². The monoisotopic (exact) mass is 281 g/mol. The van der Waals surface area contributed by atoms with E-state index >= 15 is 0 Å². The van der Waals surface area contributed by atoms with Gasteiger partial charge in [0, 0.05) is 38.8 Å². The second kappa shape index (κ2) is 6.04. The van der Waals surface area contributed by atoms with E-state index in [1.54, 1.807) is 23.1 Å². The Hall–Kier alpha value is -1.59. The predicted octanol–water partition coefficient (Wildman–Crippen LogP) is 1.34. The Morgan fingerprint density at radius 2 is 2.00 bits per heavy atom. The number of hydrogen-bond donors (Lipinski definition) is 2. The highest BCUT2D eigenvalue weighted by Gasteiger charge is 2.20. The summed E-state index contributed by atoms with van der Waals surface area (Å²) in [4.78, 5) is 25.2. The summed E-state index contributed by atoms with van der Waals surface area (Å²) in [6.07, 6.45) is 0. The molecule has 1 heterocycles. The molecular formula is C13H16ClN3O2. The molecule has 1 aliphatic heterocycles. The van der Waals surface area contributed by atoms with Crippen molar-refractivity contribution in [1.82, 2.24) is 10.2 Å². The lowest BCUT2D eigenvalue weighted by Crippen LogP contribution is -2.46. The lowest BCUT2D eigenvalue weighted by atomic mass is 10.1. The molecule has 6 heteroatoms. The van der Waals surface area contributed by atoms with Gasteiger partial charge in [-0.2, -0.15) is 0 Å². The zero-order valence-corrected chi connectivity index (χ0v) is 11.5. The molecule has 0 radical (unpaired) electrons. The number of halogens is 1. The molecule has 0 bridgehead atoms. The van der Waals surface area contributed by atoms with Crippen LogP contribution in [-0.2, 0) is 4.79 Å². The first-order valence-corrected chi connectivity index (χ1v) is 6.53. The second-order valence-electron chi connectivity index (χ2n) is 4.42. The van der Waals surface area contributed by atoms with Gasteiger partial charge >= 0.3 is 0 Å². The van der Waals surface area contributed by atoms with E-state index in [4.69, 9.17) is 11.6 Å². The second-order valence-corrected chi connectivity index (χ2v) is 4.83. The summed E-state index contributed by atoms with van der Waals surface area (Å²) in [7, 11) is 0. The number of carbonyl (C=O) groups is 2. The number of carbonyl (C=O) groups excluding carboxylic acids is 2. The molecule has 1 aromatic carbocycles. The maximum atomic E-state index is 12.4. The van der Waals surface area contributed by atoms with Crippen molar-refractivity contribution in [3.63, 3.8) is 0 Å². The zero-order valence-electron chi connectivity index (χ0n) is 10.7. The third-order valence-electron chi connectivity index (χ3n) is 2.92. The lowest BCUT2D eigenvalue weighted by Gasteiger charge is -2.27. The van der Waals surface area contributed by atoms with Crippen LogP contribution in [0.15, 0.2) is 18.2 Å². The van der Waals surface area contributed by atoms with Crippen LogP contribution in [-0.4, -0.2) is 42.9 Å². The minimum absolute atomic E-state index is 0.0984. The fourth-order valence-electron chi connectivity index (χ4n) is 2.01. The van der Waals surface area contributed by atoms with Gasteiger partial charge in [-0.15, -0.1) is 0 Å². The molecule has 2 N–H and O–H groups in total. The minimum Gasteiger partial charge on any atom is -0.336 e. The molecule has 19 heavy (non-hydrogen) atoms. The molecule has 2 amide bonds. The molecule has 0 unspecified atom stereocenters. The Bertz CT molecular complexity index is 499. The summed E-state index contributed by atoms with van der Waals surface area (Å²) < 4.78 is 0. The van der Waals surface area contributed by atoms with E-state index in [0.717, 1.165) is 13.1 Å². The highest BCUT2D eigenvalue weighted by atomic mass is 35.5. The first kappa shape index (κ1) is 13.8. The van der Waals surface area contributed by atoms with Crippen LogP contribution in [0, 0.1) is 0 Å². The quantitative estimate of drug-likeness (QED) is 0.860. The summed E-state index contributed by atoms with van der Waals surface area (Å²) in [6.45, 7) is 4.33. The maximum absolute atomic E-state index is 12.4. The molecule has 0 atom stereocenters. The van der Waals surface area contributed by atoms with Crippen molar-refractivity contribution in [2.75, 3.05) is 31.5 Å². The molecule has 0 spiro atoms. The van der Waals surface area contributed by atoms with Gasteiger partial charge in [0.15, 0.2) is 0 Å².